The molecule has 1 aromatic rings. The van der Waals surface area contributed by atoms with Gasteiger partial charge in [-0.05, 0) is 46.0 Å². The molecule has 2 rings (SSSR count). The molecule has 0 unspecified atom stereocenters. The van der Waals surface area contributed by atoms with Crippen molar-refractivity contribution < 1.29 is 8.42 Å². The van der Waals surface area contributed by atoms with Gasteiger partial charge in [0.05, 0.1) is 23.0 Å². The Kier molecular flexibility index (Phi) is 4.10. The summed E-state index contributed by atoms with van der Waals surface area (Å²) in [5.74, 6) is 0.275. The van der Waals surface area contributed by atoms with E-state index in [4.69, 9.17) is 0 Å². The minimum Gasteiger partial charge on any atom is -0.334 e. The van der Waals surface area contributed by atoms with Gasteiger partial charge in [-0.2, -0.15) is 0 Å². The van der Waals surface area contributed by atoms with Crippen molar-refractivity contribution in [3.05, 3.63) is 17.7 Å². The highest BCUT2D eigenvalue weighted by Crippen LogP contribution is 2.20. The summed E-state index contributed by atoms with van der Waals surface area (Å²) in [5.41, 5.74) is 2.54. The number of imidazole rings is 1. The first-order valence-corrected chi connectivity index (χ1v) is 8.46. The molecule has 0 N–H and O–H groups in total. The van der Waals surface area contributed by atoms with Crippen molar-refractivity contribution in [3.63, 3.8) is 0 Å². The third-order valence-corrected chi connectivity index (χ3v) is 5.95. The number of rotatable bonds is 5. The van der Waals surface area contributed by atoms with Crippen molar-refractivity contribution in [1.29, 1.82) is 0 Å². The molecule has 4 nitrogen and oxygen atoms in total. The smallest absolute Gasteiger partial charge is 0.152 e. The second kappa shape index (κ2) is 5.43. The Balaban J connectivity index is 1.93. The zero-order valence-electron chi connectivity index (χ0n) is 11.2. The standard InChI is InChI=1S/C13H22N2O2S/c1-11(2)18(16,17)9-5-8-15-10-14-12-6-3-4-7-13(12)15/h10-11H,3-9H2,1-2H3. The summed E-state index contributed by atoms with van der Waals surface area (Å²) in [4.78, 5) is 4.42. The van der Waals surface area contributed by atoms with E-state index >= 15 is 0 Å². The normalized spacial score (nSPS) is 15.9. The van der Waals surface area contributed by atoms with Crippen LogP contribution in [0, 0.1) is 0 Å². The molecule has 0 aliphatic heterocycles. The van der Waals surface area contributed by atoms with Gasteiger partial charge in [0.25, 0.3) is 0 Å². The Bertz CT molecular complexity index is 503. The van der Waals surface area contributed by atoms with Crippen LogP contribution in [-0.4, -0.2) is 29.0 Å². The van der Waals surface area contributed by atoms with Crippen molar-refractivity contribution in [2.24, 2.45) is 0 Å². The monoisotopic (exact) mass is 270 g/mol. The molecule has 1 heterocycles. The van der Waals surface area contributed by atoms with Crippen LogP contribution in [0.5, 0.6) is 0 Å². The molecular weight excluding hydrogens is 248 g/mol. The topological polar surface area (TPSA) is 52.0 Å². The molecule has 0 fully saturated rings. The highest BCUT2D eigenvalue weighted by Gasteiger charge is 2.17. The molecule has 0 atom stereocenters. The minimum atomic E-state index is -2.91. The Hall–Kier alpha value is -0.840. The van der Waals surface area contributed by atoms with Crippen LogP contribution in [-0.2, 0) is 29.2 Å². The van der Waals surface area contributed by atoms with Gasteiger partial charge >= 0.3 is 0 Å². The summed E-state index contributed by atoms with van der Waals surface area (Å²) < 4.78 is 25.6. The maximum atomic E-state index is 11.7. The molecule has 0 saturated carbocycles. The highest BCUT2D eigenvalue weighted by molar-refractivity contribution is 7.91. The van der Waals surface area contributed by atoms with E-state index in [-0.39, 0.29) is 11.0 Å². The van der Waals surface area contributed by atoms with Gasteiger partial charge in [0.2, 0.25) is 0 Å². The fourth-order valence-electron chi connectivity index (χ4n) is 2.40. The lowest BCUT2D eigenvalue weighted by Crippen LogP contribution is -2.19. The van der Waals surface area contributed by atoms with E-state index < -0.39 is 9.84 Å². The summed E-state index contributed by atoms with van der Waals surface area (Å²) >= 11 is 0. The molecule has 0 bridgehead atoms. The SMILES string of the molecule is CC(C)S(=O)(=O)CCCn1cnc2c1CCCC2. The molecule has 0 saturated heterocycles. The van der Waals surface area contributed by atoms with E-state index in [0.29, 0.717) is 6.42 Å². The van der Waals surface area contributed by atoms with Crippen LogP contribution in [0.4, 0.5) is 0 Å². The number of nitrogens with zero attached hydrogens (tertiary/aromatic N) is 2. The summed E-state index contributed by atoms with van der Waals surface area (Å²) in [6, 6.07) is 0. The van der Waals surface area contributed by atoms with Gasteiger partial charge in [-0.3, -0.25) is 0 Å². The first-order valence-electron chi connectivity index (χ1n) is 6.75. The highest BCUT2D eigenvalue weighted by atomic mass is 32.2. The fraction of sp³-hybridized carbons (Fsp3) is 0.769. The second-order valence-corrected chi connectivity index (χ2v) is 7.98. The van der Waals surface area contributed by atoms with Crippen LogP contribution < -0.4 is 0 Å². The molecule has 102 valence electrons. The van der Waals surface area contributed by atoms with Crippen LogP contribution in [0.2, 0.25) is 0 Å². The summed E-state index contributed by atoms with van der Waals surface area (Å²) in [7, 11) is -2.91. The van der Waals surface area contributed by atoms with E-state index in [0.717, 1.165) is 19.4 Å². The van der Waals surface area contributed by atoms with E-state index in [1.807, 2.05) is 6.33 Å². The third-order valence-electron chi connectivity index (χ3n) is 3.66. The van der Waals surface area contributed by atoms with Crippen molar-refractivity contribution in [2.45, 2.75) is 57.7 Å². The van der Waals surface area contributed by atoms with Crippen molar-refractivity contribution in [1.82, 2.24) is 9.55 Å². The van der Waals surface area contributed by atoms with Gasteiger partial charge < -0.3 is 4.57 Å². The van der Waals surface area contributed by atoms with Crippen LogP contribution in [0.25, 0.3) is 0 Å². The number of fused-ring (bicyclic) bond motifs is 1. The largest absolute Gasteiger partial charge is 0.334 e. The number of hydrogen-bond acceptors (Lipinski definition) is 3. The molecule has 5 heteroatoms. The molecule has 1 aliphatic carbocycles. The maximum absolute atomic E-state index is 11.7. The number of hydrogen-bond donors (Lipinski definition) is 0. The lowest BCUT2D eigenvalue weighted by Gasteiger charge is -2.14. The van der Waals surface area contributed by atoms with Gasteiger partial charge in [-0.15, -0.1) is 0 Å². The first-order chi connectivity index (χ1) is 8.50. The van der Waals surface area contributed by atoms with Crippen molar-refractivity contribution in [2.75, 3.05) is 5.75 Å². The number of sulfone groups is 1. The molecule has 0 aromatic carbocycles. The number of aromatic nitrogens is 2. The number of aryl methyl sites for hydroxylation is 2. The van der Waals surface area contributed by atoms with Crippen LogP contribution in [0.3, 0.4) is 0 Å². The van der Waals surface area contributed by atoms with Crippen molar-refractivity contribution in [3.8, 4) is 0 Å². The molecule has 0 radical (unpaired) electrons. The van der Waals surface area contributed by atoms with Gasteiger partial charge in [-0.25, -0.2) is 13.4 Å². The lowest BCUT2D eigenvalue weighted by atomic mass is 10.0. The quantitative estimate of drug-likeness (QED) is 0.822. The van der Waals surface area contributed by atoms with Gasteiger partial charge in [0.15, 0.2) is 9.84 Å². The van der Waals surface area contributed by atoms with Crippen LogP contribution in [0.1, 0.15) is 44.5 Å². The maximum Gasteiger partial charge on any atom is 0.152 e. The van der Waals surface area contributed by atoms with Crippen LogP contribution >= 0.6 is 0 Å². The Morgan fingerprint density at radius 3 is 2.78 bits per heavy atom. The van der Waals surface area contributed by atoms with E-state index in [9.17, 15) is 8.42 Å². The average molecular weight is 270 g/mol. The second-order valence-electron chi connectivity index (χ2n) is 5.31. The summed E-state index contributed by atoms with van der Waals surface area (Å²) in [6.07, 6.45) is 7.18. The van der Waals surface area contributed by atoms with Gasteiger partial charge in [-0.1, -0.05) is 0 Å². The Morgan fingerprint density at radius 1 is 1.33 bits per heavy atom. The summed E-state index contributed by atoms with van der Waals surface area (Å²) in [5, 5.41) is -0.269. The Morgan fingerprint density at radius 2 is 2.06 bits per heavy atom. The van der Waals surface area contributed by atoms with Gasteiger partial charge in [0.1, 0.15) is 0 Å². The molecule has 1 aromatic heterocycles. The lowest BCUT2D eigenvalue weighted by molar-refractivity contribution is 0.569. The first kappa shape index (κ1) is 13.6. The Labute approximate surface area is 109 Å². The molecule has 1 aliphatic rings. The molecule has 0 spiro atoms. The zero-order chi connectivity index (χ0) is 13.2. The molecule has 0 amide bonds. The van der Waals surface area contributed by atoms with Crippen LogP contribution in [0.15, 0.2) is 6.33 Å². The van der Waals surface area contributed by atoms with E-state index in [1.54, 1.807) is 13.8 Å². The van der Waals surface area contributed by atoms with E-state index in [1.165, 1.54) is 24.2 Å². The predicted octanol–water partition coefficient (Wildman–Crippen LogP) is 1.98. The fourth-order valence-corrected chi connectivity index (χ4v) is 3.40. The third kappa shape index (κ3) is 2.94. The zero-order valence-corrected chi connectivity index (χ0v) is 12.0. The predicted molar refractivity (Wildman–Crippen MR) is 72.4 cm³/mol. The van der Waals surface area contributed by atoms with Gasteiger partial charge in [0, 0.05) is 12.2 Å². The minimum absolute atomic E-state index is 0.269. The van der Waals surface area contributed by atoms with Crippen molar-refractivity contribution >= 4 is 9.84 Å². The summed E-state index contributed by atoms with van der Waals surface area (Å²) in [6.45, 7) is 4.26. The molecule has 18 heavy (non-hydrogen) atoms. The van der Waals surface area contributed by atoms with E-state index in [2.05, 4.69) is 9.55 Å². The molecular formula is C13H22N2O2S. The average Bonchev–Trinajstić information content (AvgIpc) is 2.72.